The number of fused-ring (bicyclic) bond motifs is 1. The van der Waals surface area contributed by atoms with Crippen LogP contribution in [0.3, 0.4) is 0 Å². The fraction of sp³-hybridized carbons (Fsp3) is 0.559. The van der Waals surface area contributed by atoms with Crippen molar-refractivity contribution in [3.05, 3.63) is 70.2 Å². The molecule has 1 atom stereocenters. The molecule has 0 bridgehead atoms. The van der Waals surface area contributed by atoms with Gasteiger partial charge in [-0.25, -0.2) is 9.67 Å². The molecule has 3 aromatic rings. The van der Waals surface area contributed by atoms with Crippen molar-refractivity contribution in [3.8, 4) is 5.69 Å². The molecule has 7 rings (SSSR count). The third-order valence-corrected chi connectivity index (χ3v) is 9.83. The highest BCUT2D eigenvalue weighted by Crippen LogP contribution is 2.44. The van der Waals surface area contributed by atoms with Crippen LogP contribution in [-0.2, 0) is 22.5 Å². The first-order chi connectivity index (χ1) is 20.4. The van der Waals surface area contributed by atoms with Gasteiger partial charge in [0.15, 0.2) is 0 Å². The molecule has 1 aliphatic carbocycles. The van der Waals surface area contributed by atoms with Gasteiger partial charge in [0.05, 0.1) is 30.6 Å². The first kappa shape index (κ1) is 27.6. The largest absolute Gasteiger partial charge is 0.469 e. The average molecular weight is 569 g/mol. The Morgan fingerprint density at radius 2 is 1.95 bits per heavy atom. The molecule has 1 N–H and O–H groups in total. The molecule has 42 heavy (non-hydrogen) atoms. The van der Waals surface area contributed by atoms with Crippen LogP contribution in [0, 0.1) is 19.3 Å². The zero-order chi connectivity index (χ0) is 28.8. The lowest BCUT2D eigenvalue weighted by Crippen LogP contribution is -2.58. The molecule has 5 heterocycles. The van der Waals surface area contributed by atoms with Gasteiger partial charge in [-0.3, -0.25) is 9.69 Å². The number of rotatable bonds is 9. The first-order valence-corrected chi connectivity index (χ1v) is 15.8. The molecule has 0 unspecified atom stereocenters. The highest BCUT2D eigenvalue weighted by atomic mass is 16.5. The Morgan fingerprint density at radius 1 is 1.12 bits per heavy atom. The van der Waals surface area contributed by atoms with Crippen molar-refractivity contribution in [1.82, 2.24) is 24.6 Å². The summed E-state index contributed by atoms with van der Waals surface area (Å²) in [5, 5.41) is 8.25. The zero-order valence-corrected chi connectivity index (χ0v) is 25.4. The van der Waals surface area contributed by atoms with Crippen LogP contribution in [0.1, 0.15) is 77.7 Å². The lowest BCUT2D eigenvalue weighted by atomic mass is 9.78. The van der Waals surface area contributed by atoms with Gasteiger partial charge in [-0.1, -0.05) is 12.1 Å². The second-order valence-electron chi connectivity index (χ2n) is 13.4. The van der Waals surface area contributed by atoms with Gasteiger partial charge in [0.2, 0.25) is 0 Å². The van der Waals surface area contributed by atoms with Crippen molar-refractivity contribution in [3.63, 3.8) is 0 Å². The van der Waals surface area contributed by atoms with Gasteiger partial charge in [0, 0.05) is 56.3 Å². The van der Waals surface area contributed by atoms with E-state index in [1.807, 2.05) is 6.92 Å². The van der Waals surface area contributed by atoms with Crippen molar-refractivity contribution < 1.29 is 9.53 Å². The van der Waals surface area contributed by atoms with Crippen molar-refractivity contribution in [2.75, 3.05) is 51.7 Å². The van der Waals surface area contributed by atoms with Gasteiger partial charge >= 0.3 is 5.97 Å². The van der Waals surface area contributed by atoms with Crippen LogP contribution in [-0.4, -0.2) is 76.9 Å². The second kappa shape index (κ2) is 11.1. The molecule has 1 aromatic carbocycles. The summed E-state index contributed by atoms with van der Waals surface area (Å²) in [5.41, 5.74) is 8.74. The number of hydrogen-bond acceptors (Lipinski definition) is 7. The molecule has 3 aliphatic heterocycles. The maximum Gasteiger partial charge on any atom is 0.306 e. The summed E-state index contributed by atoms with van der Waals surface area (Å²) < 4.78 is 7.22. The van der Waals surface area contributed by atoms with E-state index in [0.29, 0.717) is 17.8 Å². The van der Waals surface area contributed by atoms with E-state index in [0.717, 1.165) is 75.1 Å². The minimum absolute atomic E-state index is 0.0916. The lowest BCUT2D eigenvalue weighted by Gasteiger charge is -2.49. The third-order valence-electron chi connectivity index (χ3n) is 9.83. The van der Waals surface area contributed by atoms with Crippen LogP contribution in [0.15, 0.2) is 36.4 Å². The maximum atomic E-state index is 12.6. The SMILES string of the molecule is COC(=O)C[C@H](CN1CC2(CCN(Cc3ccc4c(n3)NCCC4)C2)C1)c1cc(C2CC2)cc(-n2nc(C)cc2C)c1. The zero-order valence-electron chi connectivity index (χ0n) is 25.4. The van der Waals surface area contributed by atoms with Gasteiger partial charge in [0.25, 0.3) is 0 Å². The molecule has 222 valence electrons. The highest BCUT2D eigenvalue weighted by Gasteiger charge is 2.48. The van der Waals surface area contributed by atoms with Gasteiger partial charge in [-0.2, -0.15) is 5.10 Å². The van der Waals surface area contributed by atoms with Crippen LogP contribution < -0.4 is 5.32 Å². The smallest absolute Gasteiger partial charge is 0.306 e. The molecular weight excluding hydrogens is 524 g/mol. The van der Waals surface area contributed by atoms with E-state index in [4.69, 9.17) is 14.8 Å². The number of carbonyl (C=O) groups is 1. The number of ether oxygens (including phenoxy) is 1. The number of aromatic nitrogens is 3. The van der Waals surface area contributed by atoms with Crippen molar-refractivity contribution in [2.24, 2.45) is 5.41 Å². The Bertz CT molecular complexity index is 1470. The number of nitrogens with one attached hydrogen (secondary N) is 1. The summed E-state index contributed by atoms with van der Waals surface area (Å²) in [5.74, 6) is 1.66. The minimum atomic E-state index is -0.140. The summed E-state index contributed by atoms with van der Waals surface area (Å²) in [6, 6.07) is 13.5. The molecule has 2 saturated heterocycles. The molecule has 0 amide bonds. The molecule has 1 saturated carbocycles. The fourth-order valence-corrected chi connectivity index (χ4v) is 7.58. The van der Waals surface area contributed by atoms with Crippen molar-refractivity contribution in [1.29, 1.82) is 0 Å². The summed E-state index contributed by atoms with van der Waals surface area (Å²) in [4.78, 5) is 22.7. The number of pyridine rings is 1. The predicted molar refractivity (Wildman–Crippen MR) is 164 cm³/mol. The van der Waals surface area contributed by atoms with E-state index >= 15 is 0 Å². The number of esters is 1. The molecule has 1 spiro atoms. The van der Waals surface area contributed by atoms with Gasteiger partial charge in [-0.05, 0) is 99.4 Å². The van der Waals surface area contributed by atoms with Gasteiger partial charge in [-0.15, -0.1) is 0 Å². The molecular formula is C34H44N6O2. The number of likely N-dealkylation sites (tertiary alicyclic amines) is 2. The lowest BCUT2D eigenvalue weighted by molar-refractivity contribution is -0.141. The van der Waals surface area contributed by atoms with Crippen molar-refractivity contribution in [2.45, 2.75) is 70.8 Å². The van der Waals surface area contributed by atoms with Crippen LogP contribution in [0.4, 0.5) is 5.82 Å². The van der Waals surface area contributed by atoms with E-state index in [2.05, 4.69) is 63.1 Å². The Labute approximate surface area is 249 Å². The predicted octanol–water partition coefficient (Wildman–Crippen LogP) is 4.97. The average Bonchev–Trinajstić information content (AvgIpc) is 3.66. The van der Waals surface area contributed by atoms with Crippen LogP contribution >= 0.6 is 0 Å². The topological polar surface area (TPSA) is 75.5 Å². The van der Waals surface area contributed by atoms with Crippen LogP contribution in [0.25, 0.3) is 5.69 Å². The number of anilines is 1. The minimum Gasteiger partial charge on any atom is -0.469 e. The summed E-state index contributed by atoms with van der Waals surface area (Å²) in [6.07, 6.45) is 6.43. The number of hydrogen-bond donors (Lipinski definition) is 1. The number of carbonyl (C=O) groups excluding carboxylic acids is 1. The molecule has 0 radical (unpaired) electrons. The Kier molecular flexibility index (Phi) is 7.31. The van der Waals surface area contributed by atoms with E-state index in [1.54, 1.807) is 0 Å². The first-order valence-electron chi connectivity index (χ1n) is 15.8. The van der Waals surface area contributed by atoms with E-state index in [-0.39, 0.29) is 11.9 Å². The van der Waals surface area contributed by atoms with E-state index in [9.17, 15) is 4.79 Å². The van der Waals surface area contributed by atoms with Gasteiger partial charge < -0.3 is 15.0 Å². The summed E-state index contributed by atoms with van der Waals surface area (Å²) in [7, 11) is 1.50. The van der Waals surface area contributed by atoms with E-state index < -0.39 is 0 Å². The van der Waals surface area contributed by atoms with Crippen molar-refractivity contribution >= 4 is 11.8 Å². The number of benzene rings is 1. The van der Waals surface area contributed by atoms with E-state index in [1.165, 1.54) is 55.2 Å². The molecule has 4 aliphatic rings. The van der Waals surface area contributed by atoms with Gasteiger partial charge in [0.1, 0.15) is 5.82 Å². The Morgan fingerprint density at radius 3 is 2.71 bits per heavy atom. The fourth-order valence-electron chi connectivity index (χ4n) is 7.58. The standard InChI is InChI=1S/C34H44N6O2/c1-23-13-24(2)40(37-23)31-15-27(25-6-7-25)14-28(16-31)29(17-32(41)42-3)18-39-21-34(22-39)10-12-38(20-34)19-30-9-8-26-5-4-11-35-33(26)36-30/h8-9,13-16,25,29H,4-7,10-12,17-22H2,1-3H3,(H,35,36)/t29-/m1/s1. The molecule has 8 nitrogen and oxygen atoms in total. The number of aryl methyl sites for hydroxylation is 3. The molecule has 3 fully saturated rings. The molecule has 8 heteroatoms. The highest BCUT2D eigenvalue weighted by molar-refractivity contribution is 5.70. The second-order valence-corrected chi connectivity index (χ2v) is 13.4. The summed E-state index contributed by atoms with van der Waals surface area (Å²) >= 11 is 0. The number of nitrogens with zero attached hydrogens (tertiary/aromatic N) is 5. The van der Waals surface area contributed by atoms with Crippen LogP contribution in [0.2, 0.25) is 0 Å². The maximum absolute atomic E-state index is 12.6. The Hall–Kier alpha value is -3.23. The normalized spacial score (nSPS) is 20.6. The Balaban J connectivity index is 1.04. The monoisotopic (exact) mass is 568 g/mol. The van der Waals surface area contributed by atoms with Crippen LogP contribution in [0.5, 0.6) is 0 Å². The summed E-state index contributed by atoms with van der Waals surface area (Å²) in [6.45, 7) is 11.4. The third kappa shape index (κ3) is 5.71. The quantitative estimate of drug-likeness (QED) is 0.365. The molecule has 2 aromatic heterocycles. The number of methoxy groups -OCH3 is 1.